The highest BCUT2D eigenvalue weighted by Crippen LogP contribution is 2.33. The topological polar surface area (TPSA) is 92.9 Å². The number of aromatic nitrogens is 1. The van der Waals surface area contributed by atoms with E-state index in [2.05, 4.69) is 27.3 Å². The third kappa shape index (κ3) is 5.61. The van der Waals surface area contributed by atoms with Crippen molar-refractivity contribution in [1.82, 2.24) is 9.88 Å². The molecule has 2 heterocycles. The van der Waals surface area contributed by atoms with E-state index in [0.717, 1.165) is 67.0 Å². The molecule has 0 radical (unpaired) electrons. The second-order valence-corrected chi connectivity index (χ2v) is 11.3. The quantitative estimate of drug-likeness (QED) is 0.197. The van der Waals surface area contributed by atoms with Gasteiger partial charge in [0, 0.05) is 23.9 Å². The van der Waals surface area contributed by atoms with Crippen molar-refractivity contribution in [1.29, 1.82) is 0 Å². The molecule has 8 nitrogen and oxygen atoms in total. The largest absolute Gasteiger partial charge is 0.495 e. The number of pyridine rings is 1. The molecular weight excluding hydrogens is 554 g/mol. The average molecular weight is 592 g/mol. The zero-order valence-electron chi connectivity index (χ0n) is 25.6. The number of nitrogens with zero attached hydrogens (tertiary/aromatic N) is 1. The van der Waals surface area contributed by atoms with E-state index in [9.17, 15) is 9.59 Å². The standard InChI is InChI=1S/C36H37N3O5/c1-22-8-5-10-26-33(22)38-34-27(35(26)40)11-6-12-28(34)36(41)37-29-14-13-23(18-30(29)42-2)9-7-16-39-17-15-24-19-31(43-3)32(44-4)20-25(24)21-39/h5-6,8,10-14,18-20H,7,9,15-17,21H2,1-4H3,(H,37,41)(H,38,40). The zero-order valence-corrected chi connectivity index (χ0v) is 25.6. The first-order valence-corrected chi connectivity index (χ1v) is 14.9. The van der Waals surface area contributed by atoms with Gasteiger partial charge >= 0.3 is 0 Å². The molecule has 0 bridgehead atoms. The number of benzene rings is 4. The molecule has 0 unspecified atom stereocenters. The smallest absolute Gasteiger partial charge is 0.257 e. The van der Waals surface area contributed by atoms with E-state index in [-0.39, 0.29) is 11.3 Å². The van der Waals surface area contributed by atoms with Crippen molar-refractivity contribution in [3.63, 3.8) is 0 Å². The predicted octanol–water partition coefficient (Wildman–Crippen LogP) is 6.26. The molecule has 0 saturated heterocycles. The van der Waals surface area contributed by atoms with Crippen molar-refractivity contribution in [3.05, 3.63) is 105 Å². The molecule has 0 fully saturated rings. The van der Waals surface area contributed by atoms with Gasteiger partial charge in [0.25, 0.3) is 5.91 Å². The van der Waals surface area contributed by atoms with E-state index >= 15 is 0 Å². The van der Waals surface area contributed by atoms with Gasteiger partial charge in [-0.15, -0.1) is 0 Å². The highest BCUT2D eigenvalue weighted by atomic mass is 16.5. The molecule has 0 atom stereocenters. The number of ether oxygens (including phenoxy) is 3. The third-order valence-corrected chi connectivity index (χ3v) is 8.57. The van der Waals surface area contributed by atoms with E-state index in [0.29, 0.717) is 33.3 Å². The number of aromatic amines is 1. The van der Waals surface area contributed by atoms with Gasteiger partial charge in [-0.05, 0) is 97.4 Å². The van der Waals surface area contributed by atoms with Crippen LogP contribution in [0.4, 0.5) is 5.69 Å². The number of para-hydroxylation sites is 2. The van der Waals surface area contributed by atoms with Crippen LogP contribution in [0, 0.1) is 6.92 Å². The van der Waals surface area contributed by atoms with Crippen LogP contribution < -0.4 is 25.0 Å². The summed E-state index contributed by atoms with van der Waals surface area (Å²) in [5.74, 6) is 1.83. The van der Waals surface area contributed by atoms with Crippen molar-refractivity contribution in [2.24, 2.45) is 0 Å². The van der Waals surface area contributed by atoms with Gasteiger partial charge in [0.15, 0.2) is 16.9 Å². The number of amides is 1. The fourth-order valence-corrected chi connectivity index (χ4v) is 6.18. The van der Waals surface area contributed by atoms with Crippen LogP contribution in [0.25, 0.3) is 21.8 Å². The van der Waals surface area contributed by atoms with Crippen LogP contribution in [0.2, 0.25) is 0 Å². The summed E-state index contributed by atoms with van der Waals surface area (Å²) in [6.07, 6.45) is 2.86. The van der Waals surface area contributed by atoms with Crippen LogP contribution >= 0.6 is 0 Å². The Kier molecular flexibility index (Phi) is 8.26. The second-order valence-electron chi connectivity index (χ2n) is 11.3. The number of aryl methyl sites for hydroxylation is 2. The summed E-state index contributed by atoms with van der Waals surface area (Å²) in [5, 5.41) is 4.09. The van der Waals surface area contributed by atoms with Crippen LogP contribution in [-0.2, 0) is 19.4 Å². The van der Waals surface area contributed by atoms with Crippen molar-refractivity contribution in [2.45, 2.75) is 32.7 Å². The van der Waals surface area contributed by atoms with Crippen LogP contribution in [0.1, 0.15) is 39.0 Å². The van der Waals surface area contributed by atoms with Crippen LogP contribution in [-0.4, -0.2) is 50.2 Å². The Bertz CT molecular complexity index is 1930. The SMILES string of the molecule is COc1cc(CCCN2CCc3cc(OC)c(OC)cc3C2)ccc1NC(=O)c1cccc2c(=O)c3cccc(C)c3[nH]c12. The molecule has 4 aromatic carbocycles. The summed E-state index contributed by atoms with van der Waals surface area (Å²) in [6, 6.07) is 20.9. The lowest BCUT2D eigenvalue weighted by atomic mass is 9.98. The van der Waals surface area contributed by atoms with Gasteiger partial charge in [0.1, 0.15) is 5.75 Å². The van der Waals surface area contributed by atoms with Crippen molar-refractivity contribution in [3.8, 4) is 17.2 Å². The molecule has 6 rings (SSSR count). The normalized spacial score (nSPS) is 13.1. The van der Waals surface area contributed by atoms with Crippen LogP contribution in [0.15, 0.2) is 71.5 Å². The van der Waals surface area contributed by atoms with E-state index < -0.39 is 0 Å². The summed E-state index contributed by atoms with van der Waals surface area (Å²) in [6.45, 7) is 4.81. The maximum absolute atomic E-state index is 13.5. The summed E-state index contributed by atoms with van der Waals surface area (Å²) >= 11 is 0. The fourth-order valence-electron chi connectivity index (χ4n) is 6.18. The van der Waals surface area contributed by atoms with Gasteiger partial charge < -0.3 is 24.5 Å². The molecule has 1 aromatic heterocycles. The molecule has 2 N–H and O–H groups in total. The van der Waals surface area contributed by atoms with Crippen LogP contribution in [0.3, 0.4) is 0 Å². The minimum atomic E-state index is -0.315. The summed E-state index contributed by atoms with van der Waals surface area (Å²) < 4.78 is 16.6. The van der Waals surface area contributed by atoms with Gasteiger partial charge in [-0.1, -0.05) is 24.3 Å². The fraction of sp³-hybridized carbons (Fsp3) is 0.278. The number of anilines is 1. The minimum absolute atomic E-state index is 0.0947. The van der Waals surface area contributed by atoms with Gasteiger partial charge in [0.05, 0.1) is 43.6 Å². The Balaban J connectivity index is 1.14. The Morgan fingerprint density at radius 3 is 2.32 bits per heavy atom. The molecule has 1 aliphatic heterocycles. The van der Waals surface area contributed by atoms with Gasteiger partial charge in [0.2, 0.25) is 0 Å². The maximum atomic E-state index is 13.5. The molecule has 8 heteroatoms. The average Bonchev–Trinajstić information content (AvgIpc) is 3.05. The van der Waals surface area contributed by atoms with Crippen molar-refractivity contribution < 1.29 is 19.0 Å². The molecule has 44 heavy (non-hydrogen) atoms. The highest BCUT2D eigenvalue weighted by molar-refractivity contribution is 6.13. The van der Waals surface area contributed by atoms with Gasteiger partial charge in [-0.3, -0.25) is 14.5 Å². The maximum Gasteiger partial charge on any atom is 0.257 e. The molecular formula is C36H37N3O5. The number of rotatable bonds is 9. The van der Waals surface area contributed by atoms with Gasteiger partial charge in [-0.2, -0.15) is 0 Å². The molecule has 0 saturated carbocycles. The number of carbonyl (C=O) groups excluding carboxylic acids is 1. The highest BCUT2D eigenvalue weighted by Gasteiger charge is 2.20. The summed E-state index contributed by atoms with van der Waals surface area (Å²) in [5.41, 5.74) is 6.83. The minimum Gasteiger partial charge on any atom is -0.495 e. The van der Waals surface area contributed by atoms with E-state index in [1.54, 1.807) is 45.6 Å². The summed E-state index contributed by atoms with van der Waals surface area (Å²) in [4.78, 5) is 32.6. The Hall–Kier alpha value is -4.82. The zero-order chi connectivity index (χ0) is 30.8. The predicted molar refractivity (Wildman–Crippen MR) is 175 cm³/mol. The molecule has 0 aliphatic carbocycles. The van der Waals surface area contributed by atoms with Crippen molar-refractivity contribution >= 4 is 33.4 Å². The first kappa shape index (κ1) is 29.3. The monoisotopic (exact) mass is 591 g/mol. The number of fused-ring (bicyclic) bond motifs is 3. The Labute approximate surface area is 256 Å². The van der Waals surface area contributed by atoms with Gasteiger partial charge in [-0.25, -0.2) is 0 Å². The number of methoxy groups -OCH3 is 3. The first-order chi connectivity index (χ1) is 21.4. The number of hydrogen-bond donors (Lipinski definition) is 2. The lowest BCUT2D eigenvalue weighted by Crippen LogP contribution is -2.31. The van der Waals surface area contributed by atoms with Crippen LogP contribution in [0.5, 0.6) is 17.2 Å². The third-order valence-electron chi connectivity index (χ3n) is 8.57. The lowest BCUT2D eigenvalue weighted by molar-refractivity contribution is 0.102. The molecule has 226 valence electrons. The molecule has 0 spiro atoms. The Morgan fingerprint density at radius 2 is 1.57 bits per heavy atom. The number of H-pyrrole nitrogens is 1. The van der Waals surface area contributed by atoms with E-state index in [1.807, 2.05) is 37.3 Å². The molecule has 1 aliphatic rings. The molecule has 1 amide bonds. The molecule has 5 aromatic rings. The van der Waals surface area contributed by atoms with Crippen molar-refractivity contribution in [2.75, 3.05) is 39.7 Å². The number of nitrogens with one attached hydrogen (secondary N) is 2. The summed E-state index contributed by atoms with van der Waals surface area (Å²) in [7, 11) is 4.95. The Morgan fingerprint density at radius 1 is 0.864 bits per heavy atom. The lowest BCUT2D eigenvalue weighted by Gasteiger charge is -2.29. The van der Waals surface area contributed by atoms with E-state index in [4.69, 9.17) is 14.2 Å². The number of carbonyl (C=O) groups is 1. The van der Waals surface area contributed by atoms with E-state index in [1.165, 1.54) is 11.1 Å². The second kappa shape index (κ2) is 12.4. The number of hydrogen-bond acceptors (Lipinski definition) is 6. The first-order valence-electron chi connectivity index (χ1n) is 14.9.